The Morgan fingerprint density at radius 1 is 1.35 bits per heavy atom. The molecule has 0 fully saturated rings. The number of anilines is 1. The van der Waals surface area contributed by atoms with E-state index in [-0.39, 0.29) is 11.9 Å². The van der Waals surface area contributed by atoms with E-state index in [4.69, 9.17) is 5.73 Å². The van der Waals surface area contributed by atoms with Crippen LogP contribution < -0.4 is 5.73 Å². The number of carboxylic acid groups (broad SMARTS) is 1. The first-order valence-electron chi connectivity index (χ1n) is 7.39. The summed E-state index contributed by atoms with van der Waals surface area (Å²) in [6, 6.07) is 9.93. The number of rotatable bonds is 2. The van der Waals surface area contributed by atoms with Crippen molar-refractivity contribution >= 4 is 22.8 Å². The summed E-state index contributed by atoms with van der Waals surface area (Å²) in [5, 5.41) is 14.7. The molecular weight excluding hydrogens is 294 g/mol. The van der Waals surface area contributed by atoms with Gasteiger partial charge in [0, 0.05) is 17.5 Å². The fourth-order valence-electron chi connectivity index (χ4n) is 3.20. The summed E-state index contributed by atoms with van der Waals surface area (Å²) >= 11 is 0. The monoisotopic (exact) mass is 309 g/mol. The van der Waals surface area contributed by atoms with Crippen LogP contribution in [0.3, 0.4) is 0 Å². The summed E-state index contributed by atoms with van der Waals surface area (Å²) in [6.45, 7) is 0.559. The summed E-state index contributed by atoms with van der Waals surface area (Å²) < 4.78 is 1.61. The molecule has 0 bridgehead atoms. The summed E-state index contributed by atoms with van der Waals surface area (Å²) in [6.07, 6.45) is 2.28. The van der Waals surface area contributed by atoms with E-state index in [1.54, 1.807) is 4.68 Å². The largest absolute Gasteiger partial charge is 0.481 e. The zero-order valence-electron chi connectivity index (χ0n) is 12.3. The fraction of sp³-hybridized carbons (Fsp3) is 0.250. The molecule has 3 heterocycles. The highest BCUT2D eigenvalue weighted by molar-refractivity contribution is 5.79. The molecule has 2 atom stereocenters. The molecule has 1 aliphatic rings. The highest BCUT2D eigenvalue weighted by Crippen LogP contribution is 2.36. The standard InChI is InChI=1S/C16H15N5O2/c17-16-19-14-12(15(22)23)6-11(8-21(14)20-16)10-5-9-3-1-2-4-13(9)18-7-10/h1-5,7,11-12H,6,8H2,(H2,17,20)(H,22,23). The van der Waals surface area contributed by atoms with Crippen molar-refractivity contribution in [1.29, 1.82) is 0 Å². The second kappa shape index (κ2) is 5.05. The molecule has 116 valence electrons. The number of para-hydroxylation sites is 1. The van der Waals surface area contributed by atoms with E-state index in [0.29, 0.717) is 18.8 Å². The first-order chi connectivity index (χ1) is 11.1. The first kappa shape index (κ1) is 13.7. The molecule has 0 aliphatic carbocycles. The van der Waals surface area contributed by atoms with Crippen molar-refractivity contribution in [2.45, 2.75) is 24.8 Å². The highest BCUT2D eigenvalue weighted by atomic mass is 16.4. The molecule has 0 saturated carbocycles. The number of aliphatic carboxylic acids is 1. The zero-order valence-corrected chi connectivity index (χ0v) is 12.3. The Morgan fingerprint density at radius 2 is 2.17 bits per heavy atom. The van der Waals surface area contributed by atoms with Gasteiger partial charge in [-0.1, -0.05) is 18.2 Å². The number of carboxylic acids is 1. The second-order valence-corrected chi connectivity index (χ2v) is 5.80. The van der Waals surface area contributed by atoms with Crippen LogP contribution in [0.2, 0.25) is 0 Å². The number of nitrogens with zero attached hydrogens (tertiary/aromatic N) is 4. The van der Waals surface area contributed by atoms with E-state index in [2.05, 4.69) is 21.1 Å². The molecule has 7 nitrogen and oxygen atoms in total. The lowest BCUT2D eigenvalue weighted by molar-refractivity contribution is -0.139. The third kappa shape index (κ3) is 2.30. The maximum Gasteiger partial charge on any atom is 0.314 e. The minimum Gasteiger partial charge on any atom is -0.481 e. The Hall–Kier alpha value is -2.96. The van der Waals surface area contributed by atoms with E-state index in [1.165, 1.54) is 0 Å². The summed E-state index contributed by atoms with van der Waals surface area (Å²) in [7, 11) is 0. The molecule has 2 unspecified atom stereocenters. The van der Waals surface area contributed by atoms with Crippen LogP contribution >= 0.6 is 0 Å². The molecule has 1 aromatic carbocycles. The number of hydrogen-bond acceptors (Lipinski definition) is 5. The van der Waals surface area contributed by atoms with Crippen LogP contribution in [-0.4, -0.2) is 30.8 Å². The van der Waals surface area contributed by atoms with Gasteiger partial charge in [-0.3, -0.25) is 9.78 Å². The van der Waals surface area contributed by atoms with Crippen LogP contribution in [-0.2, 0) is 11.3 Å². The molecule has 7 heteroatoms. The van der Waals surface area contributed by atoms with Crippen molar-refractivity contribution in [3.63, 3.8) is 0 Å². The lowest BCUT2D eigenvalue weighted by Crippen LogP contribution is -2.28. The van der Waals surface area contributed by atoms with Crippen molar-refractivity contribution in [2.75, 3.05) is 5.73 Å². The predicted octanol–water partition coefficient (Wildman–Crippen LogP) is 1.76. The molecule has 0 amide bonds. The number of fused-ring (bicyclic) bond motifs is 2. The average molecular weight is 309 g/mol. The van der Waals surface area contributed by atoms with Crippen molar-refractivity contribution in [3.8, 4) is 0 Å². The lowest BCUT2D eigenvalue weighted by atomic mass is 9.86. The number of pyridine rings is 1. The number of nitrogens with two attached hydrogens (primary N) is 1. The van der Waals surface area contributed by atoms with Crippen molar-refractivity contribution in [3.05, 3.63) is 47.9 Å². The van der Waals surface area contributed by atoms with E-state index in [1.807, 2.05) is 30.5 Å². The average Bonchev–Trinajstić information content (AvgIpc) is 2.93. The van der Waals surface area contributed by atoms with Crippen molar-refractivity contribution < 1.29 is 9.90 Å². The third-order valence-electron chi connectivity index (χ3n) is 4.32. The number of carbonyl (C=O) groups is 1. The molecule has 0 spiro atoms. The van der Waals surface area contributed by atoms with Crippen LogP contribution in [0.5, 0.6) is 0 Å². The molecule has 0 saturated heterocycles. The Balaban J connectivity index is 1.75. The van der Waals surface area contributed by atoms with Crippen LogP contribution in [0.1, 0.15) is 29.6 Å². The normalized spacial score (nSPS) is 20.3. The van der Waals surface area contributed by atoms with Crippen LogP contribution in [0.15, 0.2) is 36.5 Å². The van der Waals surface area contributed by atoms with E-state index in [9.17, 15) is 9.90 Å². The number of nitrogen functional groups attached to an aromatic ring is 1. The van der Waals surface area contributed by atoms with Gasteiger partial charge in [-0.05, 0) is 24.1 Å². The molecule has 2 aromatic heterocycles. The molecule has 1 aliphatic heterocycles. The van der Waals surface area contributed by atoms with Gasteiger partial charge >= 0.3 is 5.97 Å². The van der Waals surface area contributed by atoms with Crippen LogP contribution in [0, 0.1) is 0 Å². The second-order valence-electron chi connectivity index (χ2n) is 5.80. The van der Waals surface area contributed by atoms with Gasteiger partial charge in [0.15, 0.2) is 0 Å². The van der Waals surface area contributed by atoms with E-state index >= 15 is 0 Å². The zero-order chi connectivity index (χ0) is 16.0. The van der Waals surface area contributed by atoms with Crippen molar-refractivity contribution in [1.82, 2.24) is 19.7 Å². The molecular formula is C16H15N5O2. The van der Waals surface area contributed by atoms with Gasteiger partial charge in [-0.15, -0.1) is 5.10 Å². The van der Waals surface area contributed by atoms with Gasteiger partial charge in [-0.25, -0.2) is 4.68 Å². The van der Waals surface area contributed by atoms with Gasteiger partial charge in [0.25, 0.3) is 0 Å². The molecule has 23 heavy (non-hydrogen) atoms. The van der Waals surface area contributed by atoms with Gasteiger partial charge in [0.2, 0.25) is 5.95 Å². The number of aromatic nitrogens is 4. The Morgan fingerprint density at radius 3 is 3.00 bits per heavy atom. The third-order valence-corrected chi connectivity index (χ3v) is 4.32. The lowest BCUT2D eigenvalue weighted by Gasteiger charge is -2.27. The predicted molar refractivity (Wildman–Crippen MR) is 83.9 cm³/mol. The Bertz CT molecular complexity index is 904. The molecule has 3 aromatic rings. The Kier molecular flexibility index (Phi) is 3.00. The van der Waals surface area contributed by atoms with E-state index in [0.717, 1.165) is 16.5 Å². The number of hydrogen-bond donors (Lipinski definition) is 2. The minimum atomic E-state index is -0.905. The molecule has 3 N–H and O–H groups in total. The van der Waals surface area contributed by atoms with Crippen LogP contribution in [0.4, 0.5) is 5.95 Å². The van der Waals surface area contributed by atoms with E-state index < -0.39 is 11.9 Å². The van der Waals surface area contributed by atoms with Crippen molar-refractivity contribution in [2.24, 2.45) is 0 Å². The molecule has 4 rings (SSSR count). The smallest absolute Gasteiger partial charge is 0.314 e. The Labute approximate surface area is 131 Å². The minimum absolute atomic E-state index is 0.0156. The van der Waals surface area contributed by atoms with Gasteiger partial charge in [0.1, 0.15) is 11.7 Å². The van der Waals surface area contributed by atoms with Gasteiger partial charge < -0.3 is 10.8 Å². The summed E-state index contributed by atoms with van der Waals surface area (Å²) in [4.78, 5) is 20.1. The van der Waals surface area contributed by atoms with Crippen LogP contribution in [0.25, 0.3) is 10.9 Å². The fourth-order valence-corrected chi connectivity index (χ4v) is 3.20. The van der Waals surface area contributed by atoms with Gasteiger partial charge in [-0.2, -0.15) is 4.98 Å². The summed E-state index contributed by atoms with van der Waals surface area (Å²) in [5.74, 6) is -1.05. The SMILES string of the molecule is Nc1nc2n(n1)CC(c1cnc3ccccc3c1)CC2C(=O)O. The first-order valence-corrected chi connectivity index (χ1v) is 7.39. The molecule has 0 radical (unpaired) electrons. The quantitative estimate of drug-likeness (QED) is 0.747. The highest BCUT2D eigenvalue weighted by Gasteiger charge is 2.35. The maximum atomic E-state index is 11.6. The maximum absolute atomic E-state index is 11.6. The van der Waals surface area contributed by atoms with Gasteiger partial charge in [0.05, 0.1) is 12.1 Å². The number of benzene rings is 1. The topological polar surface area (TPSA) is 107 Å². The summed E-state index contributed by atoms with van der Waals surface area (Å²) in [5.41, 5.74) is 7.56.